The Morgan fingerprint density at radius 3 is 2.29 bits per heavy atom. The van der Waals surface area contributed by atoms with Crippen LogP contribution in [0.25, 0.3) is 0 Å². The number of hydrogen-bond donors (Lipinski definition) is 2. The molecule has 0 amide bonds. The number of hydrogen-bond acceptors (Lipinski definition) is 2. The summed E-state index contributed by atoms with van der Waals surface area (Å²) in [6, 6.07) is 0. The van der Waals surface area contributed by atoms with Crippen molar-refractivity contribution in [2.45, 2.75) is 45.4 Å². The molecule has 4 heteroatoms. The molecule has 0 spiro atoms. The maximum Gasteiger partial charge on any atom is 0.321 e. The van der Waals surface area contributed by atoms with Gasteiger partial charge in [0.1, 0.15) is 0 Å². The second kappa shape index (κ2) is 4.31. The lowest BCUT2D eigenvalue weighted by Crippen LogP contribution is -2.53. The van der Waals surface area contributed by atoms with Gasteiger partial charge in [0.05, 0.1) is 0 Å². The molecule has 96 valence electrons. The zero-order valence-electron chi connectivity index (χ0n) is 10.2. The summed E-state index contributed by atoms with van der Waals surface area (Å²) in [5, 5.41) is 18.9. The summed E-state index contributed by atoms with van der Waals surface area (Å²) in [6.07, 6.45) is 5.13. The highest BCUT2D eigenvalue weighted by molar-refractivity contribution is 5.98. The minimum Gasteiger partial charge on any atom is -0.480 e. The van der Waals surface area contributed by atoms with E-state index in [2.05, 4.69) is 0 Å². The van der Waals surface area contributed by atoms with Crippen LogP contribution in [0.15, 0.2) is 0 Å². The standard InChI is InChI=1S/C13H20O4/c1-8-6-9-4-2-3-5-10(9)13(7-8,11(14)15)12(16)17/h8-10H,2-7H2,1H3,(H,14,15)(H,16,17). The first-order valence-corrected chi connectivity index (χ1v) is 6.45. The molecule has 2 rings (SSSR count). The Bertz CT molecular complexity index is 322. The van der Waals surface area contributed by atoms with E-state index in [1.807, 2.05) is 6.92 Å². The Morgan fingerprint density at radius 2 is 1.71 bits per heavy atom. The normalized spacial score (nSPS) is 35.9. The zero-order chi connectivity index (χ0) is 12.6. The Labute approximate surface area is 101 Å². The fourth-order valence-electron chi connectivity index (χ4n) is 4.02. The number of carbonyl (C=O) groups is 2. The minimum atomic E-state index is -1.53. The summed E-state index contributed by atoms with van der Waals surface area (Å²) in [7, 11) is 0. The van der Waals surface area contributed by atoms with E-state index in [1.165, 1.54) is 0 Å². The lowest BCUT2D eigenvalue weighted by molar-refractivity contribution is -0.178. The molecule has 0 aliphatic heterocycles. The largest absolute Gasteiger partial charge is 0.480 e. The van der Waals surface area contributed by atoms with Gasteiger partial charge in [-0.1, -0.05) is 26.2 Å². The molecule has 0 bridgehead atoms. The van der Waals surface area contributed by atoms with Crippen LogP contribution in [0.3, 0.4) is 0 Å². The van der Waals surface area contributed by atoms with Gasteiger partial charge in [-0.15, -0.1) is 0 Å². The van der Waals surface area contributed by atoms with Gasteiger partial charge in [0.15, 0.2) is 5.41 Å². The quantitative estimate of drug-likeness (QED) is 0.727. The highest BCUT2D eigenvalue weighted by Crippen LogP contribution is 2.53. The number of carboxylic acid groups (broad SMARTS) is 2. The average molecular weight is 240 g/mol. The third kappa shape index (κ3) is 1.83. The Morgan fingerprint density at radius 1 is 1.12 bits per heavy atom. The average Bonchev–Trinajstić information content (AvgIpc) is 2.26. The molecule has 0 aromatic carbocycles. The molecule has 2 aliphatic rings. The van der Waals surface area contributed by atoms with Crippen LogP contribution in [0.1, 0.15) is 45.4 Å². The first kappa shape index (κ1) is 12.4. The van der Waals surface area contributed by atoms with Crippen LogP contribution in [0.2, 0.25) is 0 Å². The van der Waals surface area contributed by atoms with Gasteiger partial charge in [0.2, 0.25) is 0 Å². The minimum absolute atomic E-state index is 0.164. The van der Waals surface area contributed by atoms with Crippen LogP contribution < -0.4 is 0 Å². The molecule has 2 fully saturated rings. The molecule has 0 saturated heterocycles. The first-order valence-electron chi connectivity index (χ1n) is 6.45. The van der Waals surface area contributed by atoms with E-state index in [9.17, 15) is 19.8 Å². The van der Waals surface area contributed by atoms with Crippen LogP contribution in [0.5, 0.6) is 0 Å². The second-order valence-corrected chi connectivity index (χ2v) is 5.78. The zero-order valence-corrected chi connectivity index (χ0v) is 10.2. The van der Waals surface area contributed by atoms with E-state index in [0.29, 0.717) is 12.3 Å². The molecule has 17 heavy (non-hydrogen) atoms. The summed E-state index contributed by atoms with van der Waals surface area (Å²) >= 11 is 0. The molecule has 4 nitrogen and oxygen atoms in total. The summed E-state index contributed by atoms with van der Waals surface area (Å²) in [6.45, 7) is 1.98. The van der Waals surface area contributed by atoms with Crippen LogP contribution in [0.4, 0.5) is 0 Å². The molecule has 2 aliphatic carbocycles. The third-order valence-electron chi connectivity index (χ3n) is 4.68. The molecule has 2 saturated carbocycles. The third-order valence-corrected chi connectivity index (χ3v) is 4.68. The van der Waals surface area contributed by atoms with E-state index in [0.717, 1.165) is 32.1 Å². The van der Waals surface area contributed by atoms with E-state index in [1.54, 1.807) is 0 Å². The molecule has 3 atom stereocenters. The summed E-state index contributed by atoms with van der Waals surface area (Å²) in [4.78, 5) is 23.1. The number of rotatable bonds is 2. The van der Waals surface area contributed by atoms with Crippen LogP contribution in [0, 0.1) is 23.2 Å². The molecule has 0 aromatic rings. The lowest BCUT2D eigenvalue weighted by atomic mass is 9.55. The first-order chi connectivity index (χ1) is 7.98. The maximum atomic E-state index is 11.5. The molecule has 0 aromatic heterocycles. The second-order valence-electron chi connectivity index (χ2n) is 5.78. The smallest absolute Gasteiger partial charge is 0.321 e. The molecule has 0 heterocycles. The molecule has 0 radical (unpaired) electrons. The van der Waals surface area contributed by atoms with Gasteiger partial charge in [0, 0.05) is 0 Å². The van der Waals surface area contributed by atoms with Crippen molar-refractivity contribution in [2.75, 3.05) is 0 Å². The van der Waals surface area contributed by atoms with Gasteiger partial charge in [-0.3, -0.25) is 9.59 Å². The van der Waals surface area contributed by atoms with Crippen molar-refractivity contribution < 1.29 is 19.8 Å². The van der Waals surface area contributed by atoms with E-state index < -0.39 is 17.4 Å². The maximum absolute atomic E-state index is 11.5. The number of carboxylic acids is 2. The van der Waals surface area contributed by atoms with Crippen LogP contribution in [-0.2, 0) is 9.59 Å². The summed E-state index contributed by atoms with van der Waals surface area (Å²) < 4.78 is 0. The fourth-order valence-corrected chi connectivity index (χ4v) is 4.02. The predicted molar refractivity (Wildman–Crippen MR) is 61.6 cm³/mol. The Hall–Kier alpha value is -1.06. The van der Waals surface area contributed by atoms with Gasteiger partial charge < -0.3 is 10.2 Å². The van der Waals surface area contributed by atoms with Crippen LogP contribution >= 0.6 is 0 Å². The lowest BCUT2D eigenvalue weighted by Gasteiger charge is -2.47. The number of aliphatic carboxylic acids is 2. The molecular formula is C13H20O4. The van der Waals surface area contributed by atoms with E-state index in [4.69, 9.17) is 0 Å². The molecule has 2 N–H and O–H groups in total. The predicted octanol–water partition coefficient (Wildman–Crippen LogP) is 2.38. The Balaban J connectivity index is 2.39. The van der Waals surface area contributed by atoms with Crippen molar-refractivity contribution in [3.05, 3.63) is 0 Å². The summed E-state index contributed by atoms with van der Waals surface area (Å²) in [5.41, 5.74) is -1.53. The van der Waals surface area contributed by atoms with Crippen molar-refractivity contribution in [1.82, 2.24) is 0 Å². The molecular weight excluding hydrogens is 220 g/mol. The fraction of sp³-hybridized carbons (Fsp3) is 0.846. The van der Waals surface area contributed by atoms with Crippen molar-refractivity contribution >= 4 is 11.9 Å². The topological polar surface area (TPSA) is 74.6 Å². The van der Waals surface area contributed by atoms with E-state index in [-0.39, 0.29) is 11.8 Å². The van der Waals surface area contributed by atoms with Crippen LogP contribution in [-0.4, -0.2) is 22.2 Å². The van der Waals surface area contributed by atoms with Crippen molar-refractivity contribution in [1.29, 1.82) is 0 Å². The number of fused-ring (bicyclic) bond motifs is 1. The molecule has 3 unspecified atom stereocenters. The SMILES string of the molecule is CC1CC2CCCCC2C(C(=O)O)(C(=O)O)C1. The van der Waals surface area contributed by atoms with Gasteiger partial charge >= 0.3 is 11.9 Å². The monoisotopic (exact) mass is 240 g/mol. The van der Waals surface area contributed by atoms with Gasteiger partial charge in [-0.25, -0.2) is 0 Å². The van der Waals surface area contributed by atoms with Gasteiger partial charge in [-0.2, -0.15) is 0 Å². The summed E-state index contributed by atoms with van der Waals surface area (Å²) in [5.74, 6) is -1.94. The van der Waals surface area contributed by atoms with Crippen molar-refractivity contribution in [3.63, 3.8) is 0 Å². The van der Waals surface area contributed by atoms with Crippen molar-refractivity contribution in [3.8, 4) is 0 Å². The van der Waals surface area contributed by atoms with Gasteiger partial charge in [-0.05, 0) is 37.0 Å². The highest BCUT2D eigenvalue weighted by Gasteiger charge is 2.58. The van der Waals surface area contributed by atoms with E-state index >= 15 is 0 Å². The van der Waals surface area contributed by atoms with Crippen molar-refractivity contribution in [2.24, 2.45) is 23.2 Å². The highest BCUT2D eigenvalue weighted by atomic mass is 16.4. The Kier molecular flexibility index (Phi) is 3.15. The van der Waals surface area contributed by atoms with Gasteiger partial charge in [0.25, 0.3) is 0 Å².